The second kappa shape index (κ2) is 6.16. The predicted molar refractivity (Wildman–Crippen MR) is 78.1 cm³/mol. The molecule has 2 aromatic rings. The molecule has 0 aromatic carbocycles. The van der Waals surface area contributed by atoms with Crippen molar-refractivity contribution in [2.75, 3.05) is 0 Å². The van der Waals surface area contributed by atoms with Gasteiger partial charge in [0, 0.05) is 18.0 Å². The number of pyridine rings is 1. The average molecular weight is 287 g/mol. The third kappa shape index (κ3) is 3.55. The number of rotatable bonds is 4. The summed E-state index contributed by atoms with van der Waals surface area (Å²) in [6.45, 7) is 2.11. The van der Waals surface area contributed by atoms with Gasteiger partial charge in [-0.15, -0.1) is 0 Å². The van der Waals surface area contributed by atoms with Gasteiger partial charge in [-0.3, -0.25) is 9.78 Å². The first-order chi connectivity index (χ1) is 9.56. The molecule has 102 valence electrons. The topological polar surface area (TPSA) is 93.8 Å². The fraction of sp³-hybridized carbons (Fsp3) is 0.154. The number of nitrogens with two attached hydrogens (primary N) is 1. The number of nitrogens with one attached hydrogen (secondary N) is 1. The maximum Gasteiger partial charge on any atom is 0.270 e. The molecule has 0 atom stereocenters. The second-order valence-corrected chi connectivity index (χ2v) is 4.51. The molecule has 0 saturated heterocycles. The van der Waals surface area contributed by atoms with E-state index >= 15 is 0 Å². The van der Waals surface area contributed by atoms with Crippen molar-refractivity contribution in [3.63, 3.8) is 0 Å². The van der Waals surface area contributed by atoms with E-state index in [-0.39, 0.29) is 10.9 Å². The normalized spacial score (nSPS) is 10.1. The highest BCUT2D eigenvalue weighted by Crippen LogP contribution is 2.01. The van der Waals surface area contributed by atoms with Crippen LogP contribution in [0.15, 0.2) is 30.6 Å². The van der Waals surface area contributed by atoms with Crippen LogP contribution in [-0.4, -0.2) is 25.8 Å². The molecule has 2 aromatic heterocycles. The third-order valence-corrected chi connectivity index (χ3v) is 2.78. The zero-order valence-electron chi connectivity index (χ0n) is 10.8. The van der Waals surface area contributed by atoms with Crippen LogP contribution in [0.2, 0.25) is 0 Å². The molecule has 0 spiro atoms. The number of thiocarbonyl (C=S) groups is 1. The fourth-order valence-corrected chi connectivity index (χ4v) is 1.66. The molecule has 2 heterocycles. The fourth-order valence-electron chi connectivity index (χ4n) is 1.54. The number of aromatic nitrogens is 3. The number of hydrogen-bond donors (Lipinski definition) is 2. The molecule has 0 fully saturated rings. The lowest BCUT2D eigenvalue weighted by molar-refractivity contribution is 0.0945. The monoisotopic (exact) mass is 287 g/mol. The summed E-state index contributed by atoms with van der Waals surface area (Å²) in [6, 6.07) is 4.99. The summed E-state index contributed by atoms with van der Waals surface area (Å²) in [7, 11) is 0. The minimum Gasteiger partial charge on any atom is -0.389 e. The van der Waals surface area contributed by atoms with Gasteiger partial charge in [0.15, 0.2) is 0 Å². The van der Waals surface area contributed by atoms with E-state index in [1.807, 2.05) is 0 Å². The van der Waals surface area contributed by atoms with Crippen molar-refractivity contribution in [1.29, 1.82) is 0 Å². The molecule has 0 saturated carbocycles. The van der Waals surface area contributed by atoms with Crippen molar-refractivity contribution in [1.82, 2.24) is 20.3 Å². The molecule has 0 aliphatic rings. The van der Waals surface area contributed by atoms with E-state index in [0.717, 1.165) is 5.69 Å². The Labute approximate surface area is 121 Å². The minimum atomic E-state index is -0.282. The summed E-state index contributed by atoms with van der Waals surface area (Å²) in [5.41, 5.74) is 7.14. The van der Waals surface area contributed by atoms with Crippen molar-refractivity contribution >= 4 is 23.1 Å². The van der Waals surface area contributed by atoms with Crippen LogP contribution in [0.1, 0.15) is 27.6 Å². The van der Waals surface area contributed by atoms with E-state index in [9.17, 15) is 4.79 Å². The summed E-state index contributed by atoms with van der Waals surface area (Å²) in [6.07, 6.45) is 3.13. The summed E-state index contributed by atoms with van der Waals surface area (Å²) < 4.78 is 0. The molecule has 0 aliphatic carbocycles. The standard InChI is InChI=1S/C13H13N5OS/c1-8-15-5-4-10(18-8)7-17-13(19)11-3-2-9(6-16-11)12(14)20/h2-6H,7H2,1H3,(H2,14,20)(H,17,19). The van der Waals surface area contributed by atoms with Crippen LogP contribution in [0.4, 0.5) is 0 Å². The van der Waals surface area contributed by atoms with Gasteiger partial charge in [-0.2, -0.15) is 0 Å². The molecule has 3 N–H and O–H groups in total. The predicted octanol–water partition coefficient (Wildman–Crippen LogP) is 0.744. The smallest absolute Gasteiger partial charge is 0.270 e. The molecular weight excluding hydrogens is 274 g/mol. The Bertz CT molecular complexity index is 641. The maximum absolute atomic E-state index is 11.9. The first kappa shape index (κ1) is 14.0. The Kier molecular flexibility index (Phi) is 4.31. The van der Waals surface area contributed by atoms with Crippen molar-refractivity contribution in [3.8, 4) is 0 Å². The lowest BCUT2D eigenvalue weighted by atomic mass is 10.2. The highest BCUT2D eigenvalue weighted by Gasteiger charge is 2.08. The van der Waals surface area contributed by atoms with Gasteiger partial charge in [-0.25, -0.2) is 9.97 Å². The Balaban J connectivity index is 1.99. The molecule has 0 bridgehead atoms. The lowest BCUT2D eigenvalue weighted by Gasteiger charge is -2.05. The number of hydrogen-bond acceptors (Lipinski definition) is 5. The molecule has 1 amide bonds. The van der Waals surface area contributed by atoms with E-state index in [4.69, 9.17) is 18.0 Å². The van der Waals surface area contributed by atoms with Gasteiger partial charge in [-0.05, 0) is 25.1 Å². The van der Waals surface area contributed by atoms with E-state index in [0.29, 0.717) is 23.6 Å². The van der Waals surface area contributed by atoms with Gasteiger partial charge in [0.1, 0.15) is 16.5 Å². The number of carbonyl (C=O) groups excluding carboxylic acids is 1. The van der Waals surface area contributed by atoms with Crippen LogP contribution in [0, 0.1) is 6.92 Å². The number of amides is 1. The molecule has 0 radical (unpaired) electrons. The van der Waals surface area contributed by atoms with Crippen LogP contribution >= 0.6 is 12.2 Å². The molecule has 0 unspecified atom stereocenters. The highest BCUT2D eigenvalue weighted by molar-refractivity contribution is 7.80. The van der Waals surface area contributed by atoms with Crippen molar-refractivity contribution in [3.05, 3.63) is 53.4 Å². The van der Waals surface area contributed by atoms with Gasteiger partial charge < -0.3 is 11.1 Å². The van der Waals surface area contributed by atoms with Crippen LogP contribution in [0.5, 0.6) is 0 Å². The van der Waals surface area contributed by atoms with Gasteiger partial charge >= 0.3 is 0 Å². The van der Waals surface area contributed by atoms with Crippen molar-refractivity contribution in [2.24, 2.45) is 5.73 Å². The first-order valence-corrected chi connectivity index (χ1v) is 6.29. The third-order valence-electron chi connectivity index (χ3n) is 2.54. The molecule has 7 heteroatoms. The van der Waals surface area contributed by atoms with Crippen LogP contribution < -0.4 is 11.1 Å². The van der Waals surface area contributed by atoms with E-state index < -0.39 is 0 Å². The first-order valence-electron chi connectivity index (χ1n) is 5.89. The Morgan fingerprint density at radius 3 is 2.75 bits per heavy atom. The largest absolute Gasteiger partial charge is 0.389 e. The average Bonchev–Trinajstić information content (AvgIpc) is 2.45. The highest BCUT2D eigenvalue weighted by atomic mass is 32.1. The summed E-state index contributed by atoms with van der Waals surface area (Å²) in [5.74, 6) is 0.381. The second-order valence-electron chi connectivity index (χ2n) is 4.07. The lowest BCUT2D eigenvalue weighted by Crippen LogP contribution is -2.24. The summed E-state index contributed by atoms with van der Waals surface area (Å²) in [4.78, 5) is 24.4. The molecule has 6 nitrogen and oxygen atoms in total. The van der Waals surface area contributed by atoms with Gasteiger partial charge in [0.05, 0.1) is 12.2 Å². The molecule has 2 rings (SSSR count). The van der Waals surface area contributed by atoms with Gasteiger partial charge in [0.2, 0.25) is 0 Å². The van der Waals surface area contributed by atoms with Crippen LogP contribution in [-0.2, 0) is 6.54 Å². The van der Waals surface area contributed by atoms with Crippen molar-refractivity contribution < 1.29 is 4.79 Å². The zero-order valence-corrected chi connectivity index (χ0v) is 11.6. The van der Waals surface area contributed by atoms with Gasteiger partial charge in [-0.1, -0.05) is 12.2 Å². The van der Waals surface area contributed by atoms with E-state index in [1.165, 1.54) is 6.20 Å². The zero-order chi connectivity index (χ0) is 14.5. The Hall–Kier alpha value is -2.41. The SMILES string of the molecule is Cc1nccc(CNC(=O)c2ccc(C(N)=S)cn2)n1. The molecule has 20 heavy (non-hydrogen) atoms. The van der Waals surface area contributed by atoms with E-state index in [2.05, 4.69) is 20.3 Å². The van der Waals surface area contributed by atoms with Gasteiger partial charge in [0.25, 0.3) is 5.91 Å². The quantitative estimate of drug-likeness (QED) is 0.806. The van der Waals surface area contributed by atoms with Crippen LogP contribution in [0.3, 0.4) is 0 Å². The molecule has 0 aliphatic heterocycles. The van der Waals surface area contributed by atoms with Crippen LogP contribution in [0.25, 0.3) is 0 Å². The maximum atomic E-state index is 11.9. The number of nitrogens with zero attached hydrogens (tertiary/aromatic N) is 3. The minimum absolute atomic E-state index is 0.251. The Morgan fingerprint density at radius 1 is 1.35 bits per heavy atom. The summed E-state index contributed by atoms with van der Waals surface area (Å²) in [5, 5.41) is 2.74. The van der Waals surface area contributed by atoms with E-state index in [1.54, 1.807) is 31.3 Å². The van der Waals surface area contributed by atoms with Crippen molar-refractivity contribution in [2.45, 2.75) is 13.5 Å². The molecular formula is C13H13N5OS. The summed E-state index contributed by atoms with van der Waals surface area (Å²) >= 11 is 4.82. The Morgan fingerprint density at radius 2 is 2.15 bits per heavy atom. The number of carbonyl (C=O) groups is 1. The number of aryl methyl sites for hydroxylation is 1.